The first-order valence-corrected chi connectivity index (χ1v) is 9.69. The number of carbonyl (C=O) groups excluding carboxylic acids is 1. The number of rotatable bonds is 8. The topological polar surface area (TPSA) is 74.6 Å². The van der Waals surface area contributed by atoms with E-state index in [9.17, 15) is 9.90 Å². The van der Waals surface area contributed by atoms with Crippen LogP contribution >= 0.6 is 0 Å². The van der Waals surface area contributed by atoms with Crippen molar-refractivity contribution in [3.05, 3.63) is 71.4 Å². The Morgan fingerprint density at radius 2 is 1.89 bits per heavy atom. The molecule has 0 fully saturated rings. The average Bonchev–Trinajstić information content (AvgIpc) is 2.72. The molecule has 0 aliphatic rings. The van der Waals surface area contributed by atoms with E-state index in [1.54, 1.807) is 24.3 Å². The van der Waals surface area contributed by atoms with Crippen molar-refractivity contribution >= 4 is 23.0 Å². The van der Waals surface area contributed by atoms with Gasteiger partial charge in [-0.3, -0.25) is 9.78 Å². The molecule has 1 heterocycles. The lowest BCUT2D eigenvalue weighted by Gasteiger charge is -2.09. The molecule has 0 unspecified atom stereocenters. The summed E-state index contributed by atoms with van der Waals surface area (Å²) in [6, 6.07) is 16.3. The van der Waals surface area contributed by atoms with Crippen LogP contribution in [-0.4, -0.2) is 22.2 Å². The SMILES string of the molecule is CCCCCCc1cc(C(=O)NN=Cc2ccccc2O)c2ccccc2n1. The lowest BCUT2D eigenvalue weighted by atomic mass is 10.0. The molecule has 0 saturated carbocycles. The van der Waals surface area contributed by atoms with Gasteiger partial charge in [0.15, 0.2) is 0 Å². The van der Waals surface area contributed by atoms with Gasteiger partial charge in [-0.2, -0.15) is 5.10 Å². The number of aromatic nitrogens is 1. The molecular formula is C23H25N3O2. The maximum Gasteiger partial charge on any atom is 0.272 e. The number of phenols is 1. The standard InChI is InChI=1S/C23H25N3O2/c1-2-3-4-5-11-18-15-20(19-12-7-8-13-21(19)25-18)23(28)26-24-16-17-10-6-9-14-22(17)27/h6-10,12-16,27H,2-5,11H2,1H3,(H,26,28). The van der Waals surface area contributed by atoms with Gasteiger partial charge in [0.1, 0.15) is 5.75 Å². The first-order valence-electron chi connectivity index (χ1n) is 9.69. The molecule has 3 aromatic rings. The minimum Gasteiger partial charge on any atom is -0.507 e. The van der Waals surface area contributed by atoms with E-state index >= 15 is 0 Å². The molecule has 0 aliphatic carbocycles. The third kappa shape index (κ3) is 4.94. The number of carbonyl (C=O) groups is 1. The number of hydrogen-bond acceptors (Lipinski definition) is 4. The molecule has 0 aliphatic heterocycles. The van der Waals surface area contributed by atoms with Crippen LogP contribution < -0.4 is 5.43 Å². The number of unbranched alkanes of at least 4 members (excludes halogenated alkanes) is 3. The van der Waals surface area contributed by atoms with Crippen molar-refractivity contribution in [2.75, 3.05) is 0 Å². The van der Waals surface area contributed by atoms with Crippen LogP contribution in [0.5, 0.6) is 5.75 Å². The Hall–Kier alpha value is -3.21. The molecule has 0 atom stereocenters. The van der Waals surface area contributed by atoms with Crippen LogP contribution in [0.25, 0.3) is 10.9 Å². The maximum absolute atomic E-state index is 12.7. The van der Waals surface area contributed by atoms with E-state index in [2.05, 4.69) is 17.5 Å². The lowest BCUT2D eigenvalue weighted by Crippen LogP contribution is -2.18. The molecule has 3 rings (SSSR count). The van der Waals surface area contributed by atoms with Crippen molar-refractivity contribution in [2.24, 2.45) is 5.10 Å². The summed E-state index contributed by atoms with van der Waals surface area (Å²) in [6.07, 6.45) is 6.91. The first kappa shape index (κ1) is 19.5. The van der Waals surface area contributed by atoms with Gasteiger partial charge in [0.25, 0.3) is 5.91 Å². The van der Waals surface area contributed by atoms with E-state index in [1.165, 1.54) is 19.1 Å². The Labute approximate surface area is 165 Å². The van der Waals surface area contributed by atoms with Crippen molar-refractivity contribution in [1.29, 1.82) is 0 Å². The van der Waals surface area contributed by atoms with Crippen molar-refractivity contribution in [3.63, 3.8) is 0 Å². The highest BCUT2D eigenvalue weighted by Crippen LogP contribution is 2.20. The zero-order valence-corrected chi connectivity index (χ0v) is 16.1. The number of aromatic hydroxyl groups is 1. The second-order valence-electron chi connectivity index (χ2n) is 6.75. The Bertz CT molecular complexity index is 982. The van der Waals surface area contributed by atoms with Crippen molar-refractivity contribution in [1.82, 2.24) is 10.4 Å². The van der Waals surface area contributed by atoms with E-state index in [1.807, 2.05) is 30.3 Å². The predicted octanol–water partition coefficient (Wildman–Crippen LogP) is 4.83. The fourth-order valence-electron chi connectivity index (χ4n) is 3.10. The van der Waals surface area contributed by atoms with Gasteiger partial charge in [0, 0.05) is 16.6 Å². The highest BCUT2D eigenvalue weighted by atomic mass is 16.3. The molecule has 2 aromatic carbocycles. The molecule has 0 spiro atoms. The monoisotopic (exact) mass is 375 g/mol. The number of nitrogens with zero attached hydrogens (tertiary/aromatic N) is 2. The molecule has 1 amide bonds. The fraction of sp³-hybridized carbons (Fsp3) is 0.261. The summed E-state index contributed by atoms with van der Waals surface area (Å²) in [7, 11) is 0. The van der Waals surface area contributed by atoms with Crippen molar-refractivity contribution in [2.45, 2.75) is 39.0 Å². The van der Waals surface area contributed by atoms with E-state index in [0.29, 0.717) is 11.1 Å². The molecule has 144 valence electrons. The minimum atomic E-state index is -0.292. The summed E-state index contributed by atoms with van der Waals surface area (Å²) in [6.45, 7) is 2.19. The van der Waals surface area contributed by atoms with Crippen LogP contribution in [0.4, 0.5) is 0 Å². The third-order valence-corrected chi connectivity index (χ3v) is 4.61. The number of pyridine rings is 1. The largest absolute Gasteiger partial charge is 0.507 e. The van der Waals surface area contributed by atoms with E-state index in [0.717, 1.165) is 35.9 Å². The van der Waals surface area contributed by atoms with Gasteiger partial charge in [-0.05, 0) is 37.1 Å². The Balaban J connectivity index is 1.79. The molecule has 0 bridgehead atoms. The first-order chi connectivity index (χ1) is 13.7. The van der Waals surface area contributed by atoms with Crippen LogP contribution in [0.15, 0.2) is 59.7 Å². The quantitative estimate of drug-likeness (QED) is 0.336. The Kier molecular flexibility index (Phi) is 6.73. The van der Waals surface area contributed by atoms with Crippen LogP contribution in [0.1, 0.15) is 54.2 Å². The summed E-state index contributed by atoms with van der Waals surface area (Å²) in [5.74, 6) is -0.177. The van der Waals surface area contributed by atoms with E-state index in [4.69, 9.17) is 4.98 Å². The number of phenolic OH excluding ortho intramolecular Hbond substituents is 1. The Morgan fingerprint density at radius 1 is 1.11 bits per heavy atom. The normalized spacial score (nSPS) is 11.2. The number of hydrogen-bond donors (Lipinski definition) is 2. The highest BCUT2D eigenvalue weighted by molar-refractivity contribution is 6.06. The number of benzene rings is 2. The fourth-order valence-corrected chi connectivity index (χ4v) is 3.10. The Morgan fingerprint density at radius 3 is 2.71 bits per heavy atom. The van der Waals surface area contributed by atoms with Gasteiger partial charge >= 0.3 is 0 Å². The number of aryl methyl sites for hydroxylation is 1. The third-order valence-electron chi connectivity index (χ3n) is 4.61. The number of amides is 1. The van der Waals surface area contributed by atoms with Gasteiger partial charge in [0.05, 0.1) is 17.3 Å². The van der Waals surface area contributed by atoms with Gasteiger partial charge in [0.2, 0.25) is 0 Å². The van der Waals surface area contributed by atoms with Gasteiger partial charge in [-0.1, -0.05) is 56.5 Å². The zero-order valence-electron chi connectivity index (χ0n) is 16.1. The summed E-state index contributed by atoms with van der Waals surface area (Å²) in [5, 5.41) is 14.6. The molecule has 0 radical (unpaired) electrons. The number of hydrazone groups is 1. The second kappa shape index (κ2) is 9.65. The molecule has 2 N–H and O–H groups in total. The minimum absolute atomic E-state index is 0.115. The average molecular weight is 375 g/mol. The van der Waals surface area contributed by atoms with Crippen LogP contribution in [0.3, 0.4) is 0 Å². The van der Waals surface area contributed by atoms with Crippen molar-refractivity contribution in [3.8, 4) is 5.75 Å². The van der Waals surface area contributed by atoms with Crippen LogP contribution in [0, 0.1) is 0 Å². The predicted molar refractivity (Wildman–Crippen MR) is 113 cm³/mol. The summed E-state index contributed by atoms with van der Waals surface area (Å²) in [4.78, 5) is 17.5. The number of fused-ring (bicyclic) bond motifs is 1. The summed E-state index contributed by atoms with van der Waals surface area (Å²) < 4.78 is 0. The molecule has 0 saturated heterocycles. The summed E-state index contributed by atoms with van der Waals surface area (Å²) in [5.41, 5.74) is 5.39. The van der Waals surface area contributed by atoms with Crippen LogP contribution in [0.2, 0.25) is 0 Å². The molecule has 28 heavy (non-hydrogen) atoms. The van der Waals surface area contributed by atoms with Gasteiger partial charge < -0.3 is 5.11 Å². The smallest absolute Gasteiger partial charge is 0.272 e. The molecule has 1 aromatic heterocycles. The zero-order chi connectivity index (χ0) is 19.8. The summed E-state index contributed by atoms with van der Waals surface area (Å²) >= 11 is 0. The van der Waals surface area contributed by atoms with Gasteiger partial charge in [-0.15, -0.1) is 0 Å². The van der Waals surface area contributed by atoms with Crippen molar-refractivity contribution < 1.29 is 9.90 Å². The lowest BCUT2D eigenvalue weighted by molar-refractivity contribution is 0.0956. The van der Waals surface area contributed by atoms with Crippen LogP contribution in [-0.2, 0) is 6.42 Å². The molecular weight excluding hydrogens is 350 g/mol. The van der Waals surface area contributed by atoms with Gasteiger partial charge in [-0.25, -0.2) is 5.43 Å². The number of para-hydroxylation sites is 2. The molecule has 5 nitrogen and oxygen atoms in total. The second-order valence-corrected chi connectivity index (χ2v) is 6.75. The van der Waals surface area contributed by atoms with E-state index < -0.39 is 0 Å². The van der Waals surface area contributed by atoms with E-state index in [-0.39, 0.29) is 11.7 Å². The maximum atomic E-state index is 12.7. The molecule has 5 heteroatoms. The highest BCUT2D eigenvalue weighted by Gasteiger charge is 2.12. The number of nitrogens with one attached hydrogen (secondary N) is 1.